The summed E-state index contributed by atoms with van der Waals surface area (Å²) >= 11 is 0. The topological polar surface area (TPSA) is 83.6 Å². The van der Waals surface area contributed by atoms with Gasteiger partial charge in [-0.3, -0.25) is 0 Å². The number of nitrogens with two attached hydrogens (primary N) is 1. The van der Waals surface area contributed by atoms with Crippen molar-refractivity contribution in [3.8, 4) is 0 Å². The lowest BCUT2D eigenvalue weighted by molar-refractivity contribution is 0.149. The maximum absolute atomic E-state index is 12.7. The Labute approximate surface area is 137 Å². The second kappa shape index (κ2) is 7.12. The summed E-state index contributed by atoms with van der Waals surface area (Å²) in [5.74, 6) is 0. The smallest absolute Gasteiger partial charge is 0.243 e. The number of hydrogen-bond acceptors (Lipinski definition) is 4. The predicted molar refractivity (Wildman–Crippen MR) is 91.4 cm³/mol. The van der Waals surface area contributed by atoms with Gasteiger partial charge in [0.05, 0.1) is 11.0 Å². The van der Waals surface area contributed by atoms with Gasteiger partial charge in [-0.2, -0.15) is 4.31 Å². The van der Waals surface area contributed by atoms with Gasteiger partial charge in [-0.25, -0.2) is 8.42 Å². The molecule has 0 saturated heterocycles. The first kappa shape index (κ1) is 17.5. The maximum Gasteiger partial charge on any atom is 0.243 e. The van der Waals surface area contributed by atoms with Crippen molar-refractivity contribution in [2.24, 2.45) is 0 Å². The largest absolute Gasteiger partial charge is 0.399 e. The molecular formula is C17H22N2O3S. The Morgan fingerprint density at radius 1 is 1.09 bits per heavy atom. The molecule has 5 nitrogen and oxygen atoms in total. The quantitative estimate of drug-likeness (QED) is 0.794. The molecule has 3 N–H and O–H groups in total. The van der Waals surface area contributed by atoms with Gasteiger partial charge in [0.1, 0.15) is 0 Å². The first-order valence-electron chi connectivity index (χ1n) is 7.45. The van der Waals surface area contributed by atoms with Crippen molar-refractivity contribution in [2.75, 3.05) is 18.8 Å². The molecule has 0 fully saturated rings. The third kappa shape index (κ3) is 4.10. The molecule has 0 aliphatic rings. The summed E-state index contributed by atoms with van der Waals surface area (Å²) in [5, 5.41) is 10.3. The van der Waals surface area contributed by atoms with Gasteiger partial charge >= 0.3 is 0 Å². The predicted octanol–water partition coefficient (Wildman–Crippen LogP) is 2.32. The number of nitrogen functional groups attached to an aromatic ring is 1. The molecule has 0 aromatic heterocycles. The Kier molecular flexibility index (Phi) is 5.41. The number of hydrogen-bond donors (Lipinski definition) is 2. The van der Waals surface area contributed by atoms with Crippen molar-refractivity contribution in [3.63, 3.8) is 0 Å². The van der Waals surface area contributed by atoms with E-state index in [1.807, 2.05) is 31.2 Å². The van der Waals surface area contributed by atoms with Gasteiger partial charge in [-0.05, 0) is 36.8 Å². The molecule has 0 saturated carbocycles. The van der Waals surface area contributed by atoms with Gasteiger partial charge in [-0.1, -0.05) is 36.8 Å². The second-order valence-corrected chi connectivity index (χ2v) is 7.39. The van der Waals surface area contributed by atoms with Crippen LogP contribution < -0.4 is 5.73 Å². The molecule has 0 aliphatic carbocycles. The van der Waals surface area contributed by atoms with E-state index in [0.29, 0.717) is 11.3 Å². The fourth-order valence-electron chi connectivity index (χ4n) is 2.27. The standard InChI is InChI=1S/C17H22N2O3S/c1-3-19(12-17(20)14-6-4-13(2)5-7-14)23(21,22)16-10-8-15(18)9-11-16/h4-11,17,20H,3,12,18H2,1-2H3/t17-/m0/s1. The molecular weight excluding hydrogens is 312 g/mol. The number of aliphatic hydroxyl groups is 1. The highest BCUT2D eigenvalue weighted by atomic mass is 32.2. The Morgan fingerprint density at radius 2 is 1.65 bits per heavy atom. The summed E-state index contributed by atoms with van der Waals surface area (Å²) in [6, 6.07) is 13.5. The van der Waals surface area contributed by atoms with Crippen LogP contribution in [0.2, 0.25) is 0 Å². The highest BCUT2D eigenvalue weighted by molar-refractivity contribution is 7.89. The fraction of sp³-hybridized carbons (Fsp3) is 0.294. The molecule has 23 heavy (non-hydrogen) atoms. The van der Waals surface area contributed by atoms with Crippen molar-refractivity contribution in [1.82, 2.24) is 4.31 Å². The van der Waals surface area contributed by atoms with E-state index < -0.39 is 16.1 Å². The van der Waals surface area contributed by atoms with Crippen LogP contribution in [-0.4, -0.2) is 30.9 Å². The Bertz CT molecular complexity index is 740. The molecule has 0 amide bonds. The van der Waals surface area contributed by atoms with Gasteiger partial charge < -0.3 is 10.8 Å². The maximum atomic E-state index is 12.7. The molecule has 6 heteroatoms. The molecule has 2 aromatic rings. The van der Waals surface area contributed by atoms with Gasteiger partial charge in [-0.15, -0.1) is 0 Å². The summed E-state index contributed by atoms with van der Waals surface area (Å²) in [7, 11) is -3.66. The Hall–Kier alpha value is -1.89. The average Bonchev–Trinajstić information content (AvgIpc) is 2.53. The second-order valence-electron chi connectivity index (χ2n) is 5.45. The van der Waals surface area contributed by atoms with Crippen molar-refractivity contribution in [1.29, 1.82) is 0 Å². The summed E-state index contributed by atoms with van der Waals surface area (Å²) in [6.07, 6.45) is -0.876. The number of nitrogens with zero attached hydrogens (tertiary/aromatic N) is 1. The van der Waals surface area contributed by atoms with Crippen molar-refractivity contribution in [3.05, 3.63) is 59.7 Å². The number of rotatable bonds is 6. The molecule has 0 heterocycles. The van der Waals surface area contributed by atoms with E-state index >= 15 is 0 Å². The van der Waals surface area contributed by atoms with E-state index in [-0.39, 0.29) is 18.0 Å². The highest BCUT2D eigenvalue weighted by Gasteiger charge is 2.25. The van der Waals surface area contributed by atoms with E-state index in [1.54, 1.807) is 19.1 Å². The Balaban J connectivity index is 2.21. The number of aliphatic hydroxyl groups excluding tert-OH is 1. The summed E-state index contributed by atoms with van der Waals surface area (Å²) in [6.45, 7) is 3.98. The summed E-state index contributed by atoms with van der Waals surface area (Å²) < 4.78 is 26.6. The van der Waals surface area contributed by atoms with Crippen LogP contribution in [0.1, 0.15) is 24.2 Å². The number of sulfonamides is 1. The number of anilines is 1. The average molecular weight is 334 g/mol. The summed E-state index contributed by atoms with van der Waals surface area (Å²) in [5.41, 5.74) is 7.89. The number of benzene rings is 2. The zero-order valence-corrected chi connectivity index (χ0v) is 14.1. The number of likely N-dealkylation sites (N-methyl/N-ethyl adjacent to an activating group) is 1. The zero-order chi connectivity index (χ0) is 17.0. The van der Waals surface area contributed by atoms with Crippen LogP contribution in [0.3, 0.4) is 0 Å². The lowest BCUT2D eigenvalue weighted by Gasteiger charge is -2.23. The highest BCUT2D eigenvalue weighted by Crippen LogP contribution is 2.21. The van der Waals surface area contributed by atoms with E-state index in [4.69, 9.17) is 5.73 Å². The van der Waals surface area contributed by atoms with Crippen LogP contribution in [0, 0.1) is 6.92 Å². The zero-order valence-electron chi connectivity index (χ0n) is 13.3. The summed E-state index contributed by atoms with van der Waals surface area (Å²) in [4.78, 5) is 0.171. The fourth-order valence-corrected chi connectivity index (χ4v) is 3.73. The first-order chi connectivity index (χ1) is 10.8. The van der Waals surface area contributed by atoms with Crippen LogP contribution in [-0.2, 0) is 10.0 Å². The molecule has 124 valence electrons. The monoisotopic (exact) mass is 334 g/mol. The lowest BCUT2D eigenvalue weighted by Crippen LogP contribution is -2.34. The van der Waals surface area contributed by atoms with Crippen LogP contribution in [0.15, 0.2) is 53.4 Å². The van der Waals surface area contributed by atoms with E-state index in [2.05, 4.69) is 0 Å². The van der Waals surface area contributed by atoms with Crippen molar-refractivity contribution >= 4 is 15.7 Å². The van der Waals surface area contributed by atoms with E-state index in [1.165, 1.54) is 16.4 Å². The van der Waals surface area contributed by atoms with Gasteiger partial charge in [0.15, 0.2) is 0 Å². The minimum Gasteiger partial charge on any atom is -0.399 e. The number of aryl methyl sites for hydroxylation is 1. The molecule has 0 spiro atoms. The molecule has 2 rings (SSSR count). The minimum absolute atomic E-state index is 0.00622. The van der Waals surface area contributed by atoms with E-state index in [0.717, 1.165) is 5.56 Å². The normalized spacial score (nSPS) is 13.2. The molecule has 0 aliphatic heterocycles. The van der Waals surface area contributed by atoms with Crippen molar-refractivity contribution in [2.45, 2.75) is 24.8 Å². The first-order valence-corrected chi connectivity index (χ1v) is 8.89. The SMILES string of the molecule is CCN(C[C@H](O)c1ccc(C)cc1)S(=O)(=O)c1ccc(N)cc1. The van der Waals surface area contributed by atoms with Crippen LogP contribution in [0.25, 0.3) is 0 Å². The van der Waals surface area contributed by atoms with Crippen LogP contribution in [0.5, 0.6) is 0 Å². The van der Waals surface area contributed by atoms with Crippen molar-refractivity contribution < 1.29 is 13.5 Å². The Morgan fingerprint density at radius 3 is 2.17 bits per heavy atom. The molecule has 1 atom stereocenters. The van der Waals surface area contributed by atoms with Gasteiger partial charge in [0.25, 0.3) is 0 Å². The molecule has 2 aromatic carbocycles. The van der Waals surface area contributed by atoms with Gasteiger partial charge in [0.2, 0.25) is 10.0 Å². The third-order valence-corrected chi connectivity index (χ3v) is 5.66. The molecule has 0 bridgehead atoms. The third-order valence-electron chi connectivity index (χ3n) is 3.71. The van der Waals surface area contributed by atoms with Crippen LogP contribution >= 0.6 is 0 Å². The molecule has 0 unspecified atom stereocenters. The van der Waals surface area contributed by atoms with Gasteiger partial charge in [0, 0.05) is 18.8 Å². The molecule has 0 radical (unpaired) electrons. The minimum atomic E-state index is -3.66. The van der Waals surface area contributed by atoms with Crippen LogP contribution in [0.4, 0.5) is 5.69 Å². The lowest BCUT2D eigenvalue weighted by atomic mass is 10.1. The van der Waals surface area contributed by atoms with E-state index in [9.17, 15) is 13.5 Å².